The van der Waals surface area contributed by atoms with E-state index < -0.39 is 6.17 Å². The van der Waals surface area contributed by atoms with Crippen molar-refractivity contribution in [3.05, 3.63) is 11.6 Å². The third-order valence-electron chi connectivity index (χ3n) is 4.34. The van der Waals surface area contributed by atoms with Crippen molar-refractivity contribution in [1.82, 2.24) is 0 Å². The van der Waals surface area contributed by atoms with E-state index in [0.717, 1.165) is 25.7 Å². The summed E-state index contributed by atoms with van der Waals surface area (Å²) in [4.78, 5) is 0. The molecule has 2 aliphatic rings. The molecule has 0 aromatic heterocycles. The minimum Gasteiger partial charge on any atom is -0.381 e. The second-order valence-electron chi connectivity index (χ2n) is 5.41. The maximum Gasteiger partial charge on any atom is 0.121 e. The van der Waals surface area contributed by atoms with Crippen molar-refractivity contribution in [1.29, 1.82) is 0 Å². The summed E-state index contributed by atoms with van der Waals surface area (Å²) >= 11 is 0. The summed E-state index contributed by atoms with van der Waals surface area (Å²) < 4.78 is 19.0. The zero-order valence-electron chi connectivity index (χ0n) is 10.4. The van der Waals surface area contributed by atoms with Crippen molar-refractivity contribution < 1.29 is 9.13 Å². The molecule has 0 radical (unpaired) electrons. The second kappa shape index (κ2) is 5.31. The molecular formula is C14H23FO. The normalized spacial score (nSPS) is 40.6. The molecule has 1 fully saturated rings. The molecule has 0 aromatic carbocycles. The fourth-order valence-corrected chi connectivity index (χ4v) is 3.02. The van der Waals surface area contributed by atoms with Gasteiger partial charge in [0.2, 0.25) is 0 Å². The number of hydrogen-bond acceptors (Lipinski definition) is 1. The van der Waals surface area contributed by atoms with Gasteiger partial charge in [-0.1, -0.05) is 18.6 Å². The Balaban J connectivity index is 1.92. The molecule has 16 heavy (non-hydrogen) atoms. The first kappa shape index (κ1) is 12.1. The first-order valence-corrected chi connectivity index (χ1v) is 6.58. The Morgan fingerprint density at radius 2 is 1.88 bits per heavy atom. The number of hydrogen-bond donors (Lipinski definition) is 0. The van der Waals surface area contributed by atoms with Crippen LogP contribution >= 0.6 is 0 Å². The number of methoxy groups -OCH3 is 1. The van der Waals surface area contributed by atoms with Crippen LogP contribution in [0.4, 0.5) is 4.39 Å². The molecule has 2 aliphatic carbocycles. The van der Waals surface area contributed by atoms with Gasteiger partial charge in [-0.2, -0.15) is 0 Å². The van der Waals surface area contributed by atoms with Crippen LogP contribution < -0.4 is 0 Å². The van der Waals surface area contributed by atoms with E-state index in [1.807, 2.05) is 13.0 Å². The quantitative estimate of drug-likeness (QED) is 0.649. The summed E-state index contributed by atoms with van der Waals surface area (Å²) in [6.07, 6.45) is 8.45. The maximum absolute atomic E-state index is 13.6. The predicted molar refractivity (Wildman–Crippen MR) is 64.1 cm³/mol. The fraction of sp³-hybridized carbons (Fsp3) is 0.857. The lowest BCUT2D eigenvalue weighted by atomic mass is 9.76. The molecule has 92 valence electrons. The number of rotatable bonds is 2. The smallest absolute Gasteiger partial charge is 0.121 e. The molecule has 0 heterocycles. The van der Waals surface area contributed by atoms with Gasteiger partial charge in [0.15, 0.2) is 0 Å². The van der Waals surface area contributed by atoms with Crippen molar-refractivity contribution in [2.45, 2.75) is 57.7 Å². The molecular weight excluding hydrogens is 203 g/mol. The average molecular weight is 226 g/mol. The van der Waals surface area contributed by atoms with Crippen LogP contribution in [0, 0.1) is 11.8 Å². The molecule has 2 atom stereocenters. The van der Waals surface area contributed by atoms with Crippen LogP contribution in [-0.4, -0.2) is 19.4 Å². The summed E-state index contributed by atoms with van der Waals surface area (Å²) in [7, 11) is 1.80. The van der Waals surface area contributed by atoms with E-state index in [1.165, 1.54) is 18.4 Å². The monoisotopic (exact) mass is 226 g/mol. The van der Waals surface area contributed by atoms with Gasteiger partial charge in [0.25, 0.3) is 0 Å². The molecule has 0 aliphatic heterocycles. The zero-order valence-corrected chi connectivity index (χ0v) is 10.4. The van der Waals surface area contributed by atoms with Gasteiger partial charge in [-0.05, 0) is 50.4 Å². The third-order valence-corrected chi connectivity index (χ3v) is 4.34. The van der Waals surface area contributed by atoms with E-state index in [4.69, 9.17) is 4.74 Å². The Morgan fingerprint density at radius 1 is 1.19 bits per heavy atom. The molecule has 2 heteroatoms. The lowest BCUT2D eigenvalue weighted by Crippen LogP contribution is -2.24. The number of ether oxygens (including phenoxy) is 1. The number of alkyl halides is 1. The molecule has 1 nitrogen and oxygen atoms in total. The van der Waals surface area contributed by atoms with Crippen LogP contribution in [-0.2, 0) is 4.74 Å². The molecule has 0 N–H and O–H groups in total. The van der Waals surface area contributed by atoms with Crippen molar-refractivity contribution in [2.75, 3.05) is 7.11 Å². The highest BCUT2D eigenvalue weighted by atomic mass is 19.1. The molecule has 0 amide bonds. The van der Waals surface area contributed by atoms with Crippen LogP contribution in [0.25, 0.3) is 0 Å². The van der Waals surface area contributed by atoms with Gasteiger partial charge >= 0.3 is 0 Å². The molecule has 0 spiro atoms. The van der Waals surface area contributed by atoms with Crippen LogP contribution in [0.5, 0.6) is 0 Å². The lowest BCUT2D eigenvalue weighted by molar-refractivity contribution is 0.0603. The van der Waals surface area contributed by atoms with E-state index in [0.29, 0.717) is 12.0 Å². The first-order chi connectivity index (χ1) is 7.70. The second-order valence-corrected chi connectivity index (χ2v) is 5.41. The topological polar surface area (TPSA) is 9.23 Å². The molecule has 0 bridgehead atoms. The Bertz CT molecular complexity index is 253. The maximum atomic E-state index is 13.6. The standard InChI is InChI=1S/C14H23FO/c1-10-3-4-12(9-14(10)15)11-5-7-13(16-2)8-6-11/h9-11,13-14H,3-8H2,1-2H3. The van der Waals surface area contributed by atoms with Gasteiger partial charge in [0, 0.05) is 7.11 Å². The van der Waals surface area contributed by atoms with Crippen molar-refractivity contribution in [3.63, 3.8) is 0 Å². The van der Waals surface area contributed by atoms with Gasteiger partial charge < -0.3 is 4.74 Å². The SMILES string of the molecule is COC1CCC(C2=CC(F)C(C)CC2)CC1. The minimum atomic E-state index is -0.705. The fourth-order valence-electron chi connectivity index (χ4n) is 3.02. The van der Waals surface area contributed by atoms with Crippen molar-refractivity contribution in [2.24, 2.45) is 11.8 Å². The summed E-state index contributed by atoms with van der Waals surface area (Å²) in [6, 6.07) is 0. The highest BCUT2D eigenvalue weighted by Crippen LogP contribution is 2.37. The number of halogens is 1. The highest BCUT2D eigenvalue weighted by molar-refractivity contribution is 5.14. The van der Waals surface area contributed by atoms with Crippen LogP contribution in [0.15, 0.2) is 11.6 Å². The minimum absolute atomic E-state index is 0.221. The van der Waals surface area contributed by atoms with E-state index in [9.17, 15) is 4.39 Å². The highest BCUT2D eigenvalue weighted by Gasteiger charge is 2.28. The van der Waals surface area contributed by atoms with Crippen LogP contribution in [0.1, 0.15) is 45.4 Å². The Labute approximate surface area is 98.1 Å². The predicted octanol–water partition coefficient (Wildman–Crippen LogP) is 3.89. The molecule has 2 rings (SSSR count). The van der Waals surface area contributed by atoms with E-state index in [2.05, 4.69) is 0 Å². The summed E-state index contributed by atoms with van der Waals surface area (Å²) in [6.45, 7) is 2.01. The lowest BCUT2D eigenvalue weighted by Gasteiger charge is -2.32. The van der Waals surface area contributed by atoms with Gasteiger partial charge in [-0.3, -0.25) is 0 Å². The Morgan fingerprint density at radius 3 is 2.44 bits per heavy atom. The molecule has 0 saturated heterocycles. The molecule has 1 saturated carbocycles. The van der Waals surface area contributed by atoms with Gasteiger partial charge in [-0.15, -0.1) is 0 Å². The third kappa shape index (κ3) is 2.65. The Kier molecular flexibility index (Phi) is 4.01. The van der Waals surface area contributed by atoms with Gasteiger partial charge in [-0.25, -0.2) is 4.39 Å². The van der Waals surface area contributed by atoms with Gasteiger partial charge in [0.1, 0.15) is 6.17 Å². The molecule has 2 unspecified atom stereocenters. The summed E-state index contributed by atoms with van der Waals surface area (Å²) in [5, 5.41) is 0. The van der Waals surface area contributed by atoms with E-state index >= 15 is 0 Å². The molecule has 0 aromatic rings. The van der Waals surface area contributed by atoms with Crippen LogP contribution in [0.3, 0.4) is 0 Å². The van der Waals surface area contributed by atoms with Crippen molar-refractivity contribution >= 4 is 0 Å². The summed E-state index contributed by atoms with van der Waals surface area (Å²) in [5.74, 6) is 0.858. The van der Waals surface area contributed by atoms with Crippen LogP contribution in [0.2, 0.25) is 0 Å². The largest absolute Gasteiger partial charge is 0.381 e. The zero-order chi connectivity index (χ0) is 11.5. The first-order valence-electron chi connectivity index (χ1n) is 6.58. The van der Waals surface area contributed by atoms with Gasteiger partial charge in [0.05, 0.1) is 6.10 Å². The van der Waals surface area contributed by atoms with E-state index in [-0.39, 0.29) is 5.92 Å². The van der Waals surface area contributed by atoms with Crippen molar-refractivity contribution in [3.8, 4) is 0 Å². The average Bonchev–Trinajstić information content (AvgIpc) is 2.33. The van der Waals surface area contributed by atoms with E-state index in [1.54, 1.807) is 7.11 Å². The number of allylic oxidation sites excluding steroid dienone is 2. The Hall–Kier alpha value is -0.370. The summed E-state index contributed by atoms with van der Waals surface area (Å²) in [5.41, 5.74) is 1.39.